The lowest BCUT2D eigenvalue weighted by Crippen LogP contribution is -2.25. The highest BCUT2D eigenvalue weighted by molar-refractivity contribution is 5.99. The quantitative estimate of drug-likeness (QED) is 0.708. The van der Waals surface area contributed by atoms with Crippen LogP contribution in [-0.2, 0) is 23.8 Å². The van der Waals surface area contributed by atoms with Crippen LogP contribution in [-0.4, -0.2) is 34.9 Å². The number of carbonyl (C=O) groups is 1. The molecular weight excluding hydrogens is 416 g/mol. The molecule has 0 unspecified atom stereocenters. The van der Waals surface area contributed by atoms with Crippen LogP contribution in [0.1, 0.15) is 54.0 Å². The third-order valence-electron chi connectivity index (χ3n) is 5.91. The summed E-state index contributed by atoms with van der Waals surface area (Å²) in [7, 11) is 0. The van der Waals surface area contributed by atoms with Crippen molar-refractivity contribution < 1.29 is 27.1 Å². The molecule has 4 rings (SSSR count). The molecule has 0 radical (unpaired) electrons. The smallest absolute Gasteiger partial charge is 0.379 e. The van der Waals surface area contributed by atoms with Gasteiger partial charge in [-0.25, -0.2) is 9.07 Å². The molecule has 0 spiro atoms. The van der Waals surface area contributed by atoms with Crippen molar-refractivity contribution >= 4 is 11.6 Å². The van der Waals surface area contributed by atoms with E-state index < -0.39 is 23.6 Å². The first-order valence-corrected chi connectivity index (χ1v) is 10.1. The largest absolute Gasteiger partial charge is 0.435 e. The number of amides is 1. The van der Waals surface area contributed by atoms with Gasteiger partial charge in [-0.05, 0) is 37.2 Å². The molecule has 2 aromatic rings. The van der Waals surface area contributed by atoms with Crippen molar-refractivity contribution in [2.24, 2.45) is 11.1 Å². The maximum Gasteiger partial charge on any atom is 0.435 e. The zero-order valence-corrected chi connectivity index (χ0v) is 17.3. The van der Waals surface area contributed by atoms with Crippen molar-refractivity contribution in [2.75, 3.05) is 18.5 Å². The molecule has 3 N–H and O–H groups in total. The highest BCUT2D eigenvalue weighted by atomic mass is 19.4. The maximum atomic E-state index is 14.9. The fourth-order valence-corrected chi connectivity index (χ4v) is 4.32. The number of nitrogens with one attached hydrogen (secondary N) is 1. The van der Waals surface area contributed by atoms with E-state index in [1.165, 1.54) is 6.07 Å². The Balaban J connectivity index is 1.87. The van der Waals surface area contributed by atoms with Crippen LogP contribution >= 0.6 is 0 Å². The van der Waals surface area contributed by atoms with Crippen LogP contribution in [0.4, 0.5) is 23.2 Å². The molecular formula is C21H24F4N4O2. The summed E-state index contributed by atoms with van der Waals surface area (Å²) in [5.74, 6) is -1.88. The Bertz CT molecular complexity index is 1020. The van der Waals surface area contributed by atoms with Crippen molar-refractivity contribution in [3.63, 3.8) is 0 Å². The average Bonchev–Trinajstić information content (AvgIpc) is 3.27. The van der Waals surface area contributed by atoms with E-state index in [2.05, 4.69) is 10.4 Å². The molecule has 1 aromatic carbocycles. The molecule has 31 heavy (non-hydrogen) atoms. The molecule has 1 amide bonds. The number of ether oxygens (including phenoxy) is 1. The first-order valence-electron chi connectivity index (χ1n) is 10.1. The molecule has 1 aromatic heterocycles. The Labute approximate surface area is 176 Å². The van der Waals surface area contributed by atoms with Gasteiger partial charge in [-0.1, -0.05) is 13.8 Å². The molecule has 1 atom stereocenters. The van der Waals surface area contributed by atoms with Crippen molar-refractivity contribution in [2.45, 2.75) is 51.7 Å². The standard InChI is InChI=1S/C21H24F4N4O2/c1-20(2)5-3-13-16(9-20)29(28-18(13)21(23,24)25)12-7-14(22)17(19(26)30)15(8-12)27-11-4-6-31-10-11/h7-8,11,27H,3-6,9-10H2,1-2H3,(H2,26,30)/t11-/m0/s1. The van der Waals surface area contributed by atoms with E-state index in [0.29, 0.717) is 38.2 Å². The number of fused-ring (bicyclic) bond motifs is 1. The monoisotopic (exact) mass is 440 g/mol. The van der Waals surface area contributed by atoms with Crippen molar-refractivity contribution in [1.82, 2.24) is 9.78 Å². The number of hydrogen-bond acceptors (Lipinski definition) is 4. The number of benzene rings is 1. The second-order valence-electron chi connectivity index (χ2n) is 8.94. The van der Waals surface area contributed by atoms with Crippen LogP contribution in [0, 0.1) is 11.2 Å². The highest BCUT2D eigenvalue weighted by Crippen LogP contribution is 2.42. The Morgan fingerprint density at radius 2 is 2.10 bits per heavy atom. The van der Waals surface area contributed by atoms with E-state index in [4.69, 9.17) is 10.5 Å². The minimum absolute atomic E-state index is 0.105. The van der Waals surface area contributed by atoms with Crippen molar-refractivity contribution in [3.8, 4) is 5.69 Å². The summed E-state index contributed by atoms with van der Waals surface area (Å²) in [4.78, 5) is 11.9. The topological polar surface area (TPSA) is 82.2 Å². The van der Waals surface area contributed by atoms with E-state index in [0.717, 1.165) is 10.7 Å². The second-order valence-corrected chi connectivity index (χ2v) is 8.94. The minimum atomic E-state index is -4.62. The van der Waals surface area contributed by atoms with E-state index >= 15 is 0 Å². The van der Waals surface area contributed by atoms with Crippen LogP contribution in [0.2, 0.25) is 0 Å². The number of halogens is 4. The third kappa shape index (κ3) is 4.13. The van der Waals surface area contributed by atoms with Crippen LogP contribution < -0.4 is 11.1 Å². The van der Waals surface area contributed by atoms with Crippen LogP contribution in [0.3, 0.4) is 0 Å². The number of primary amides is 1. The molecule has 2 aliphatic rings. The molecule has 2 heterocycles. The summed E-state index contributed by atoms with van der Waals surface area (Å²) >= 11 is 0. The van der Waals surface area contributed by atoms with Gasteiger partial charge in [0.25, 0.3) is 5.91 Å². The third-order valence-corrected chi connectivity index (χ3v) is 5.91. The van der Waals surface area contributed by atoms with Gasteiger partial charge in [0, 0.05) is 23.9 Å². The van der Waals surface area contributed by atoms with E-state index in [-0.39, 0.29) is 40.4 Å². The van der Waals surface area contributed by atoms with Gasteiger partial charge in [0.1, 0.15) is 5.82 Å². The molecule has 10 heteroatoms. The molecule has 0 saturated carbocycles. The lowest BCUT2D eigenvalue weighted by atomic mass is 9.76. The van der Waals surface area contributed by atoms with Gasteiger partial charge < -0.3 is 15.8 Å². The minimum Gasteiger partial charge on any atom is -0.379 e. The number of aromatic nitrogens is 2. The first kappa shape index (κ1) is 21.6. The molecule has 168 valence electrons. The summed E-state index contributed by atoms with van der Waals surface area (Å²) in [5.41, 5.74) is 4.63. The van der Waals surface area contributed by atoms with E-state index in [9.17, 15) is 22.4 Å². The van der Waals surface area contributed by atoms with Gasteiger partial charge in [-0.15, -0.1) is 0 Å². The number of carbonyl (C=O) groups excluding carboxylic acids is 1. The number of nitrogens with zero attached hydrogens (tertiary/aromatic N) is 2. The van der Waals surface area contributed by atoms with Crippen LogP contribution in [0.25, 0.3) is 5.69 Å². The highest BCUT2D eigenvalue weighted by Gasteiger charge is 2.42. The zero-order chi connectivity index (χ0) is 22.6. The van der Waals surface area contributed by atoms with E-state index in [1.807, 2.05) is 13.8 Å². The Morgan fingerprint density at radius 3 is 2.71 bits per heavy atom. The Kier molecular flexibility index (Phi) is 5.23. The zero-order valence-electron chi connectivity index (χ0n) is 17.3. The number of alkyl halides is 3. The lowest BCUT2D eigenvalue weighted by Gasteiger charge is -2.30. The fraction of sp³-hybridized carbons (Fsp3) is 0.524. The van der Waals surface area contributed by atoms with Gasteiger partial charge >= 0.3 is 6.18 Å². The number of nitrogens with two attached hydrogens (primary N) is 1. The summed E-state index contributed by atoms with van der Waals surface area (Å²) in [6.07, 6.45) is -2.77. The molecule has 1 aliphatic heterocycles. The second kappa shape index (κ2) is 7.51. The van der Waals surface area contributed by atoms with E-state index in [1.54, 1.807) is 0 Å². The number of hydrogen-bond donors (Lipinski definition) is 2. The van der Waals surface area contributed by atoms with Gasteiger partial charge in [-0.2, -0.15) is 18.3 Å². The predicted octanol–water partition coefficient (Wildman–Crippen LogP) is 3.84. The summed E-state index contributed by atoms with van der Waals surface area (Å²) in [6, 6.07) is 2.27. The van der Waals surface area contributed by atoms with Gasteiger partial charge in [0.2, 0.25) is 0 Å². The molecule has 1 aliphatic carbocycles. The fourth-order valence-electron chi connectivity index (χ4n) is 4.32. The summed E-state index contributed by atoms with van der Waals surface area (Å²) in [5, 5.41) is 6.89. The summed E-state index contributed by atoms with van der Waals surface area (Å²) in [6.45, 7) is 4.84. The number of anilines is 1. The lowest BCUT2D eigenvalue weighted by molar-refractivity contribution is -0.142. The predicted molar refractivity (Wildman–Crippen MR) is 106 cm³/mol. The van der Waals surface area contributed by atoms with Crippen LogP contribution in [0.15, 0.2) is 12.1 Å². The summed E-state index contributed by atoms with van der Waals surface area (Å²) < 4.78 is 62.3. The molecule has 0 bridgehead atoms. The SMILES string of the molecule is CC1(C)CCc2c(C(F)(F)F)nn(-c3cc(F)c(C(N)=O)c(N[C@H]4CCOC4)c3)c2C1. The Morgan fingerprint density at radius 1 is 1.35 bits per heavy atom. The number of rotatable bonds is 4. The molecule has 6 nitrogen and oxygen atoms in total. The van der Waals surface area contributed by atoms with Crippen molar-refractivity contribution in [1.29, 1.82) is 0 Å². The van der Waals surface area contributed by atoms with Crippen molar-refractivity contribution in [3.05, 3.63) is 40.5 Å². The average molecular weight is 440 g/mol. The van der Waals surface area contributed by atoms with Gasteiger partial charge in [0.15, 0.2) is 5.69 Å². The molecule has 1 saturated heterocycles. The normalized spacial score (nSPS) is 20.5. The first-order chi connectivity index (χ1) is 14.5. The Hall–Kier alpha value is -2.62. The van der Waals surface area contributed by atoms with Gasteiger partial charge in [0.05, 0.1) is 29.6 Å². The molecule has 1 fully saturated rings. The maximum absolute atomic E-state index is 14.9. The van der Waals surface area contributed by atoms with Gasteiger partial charge in [-0.3, -0.25) is 4.79 Å². The van der Waals surface area contributed by atoms with Crippen LogP contribution in [0.5, 0.6) is 0 Å².